The van der Waals surface area contributed by atoms with Crippen molar-refractivity contribution in [2.24, 2.45) is 0 Å². The molecule has 0 radical (unpaired) electrons. The molecule has 1 aromatic carbocycles. The third-order valence-corrected chi connectivity index (χ3v) is 4.69. The molecule has 2 N–H and O–H groups in total. The van der Waals surface area contributed by atoms with Crippen molar-refractivity contribution < 1.29 is 32.6 Å². The van der Waals surface area contributed by atoms with Gasteiger partial charge in [0.25, 0.3) is 5.91 Å². The number of fused-ring (bicyclic) bond motifs is 1. The van der Waals surface area contributed by atoms with Crippen LogP contribution in [-0.4, -0.2) is 41.1 Å². The van der Waals surface area contributed by atoms with E-state index in [0.29, 0.717) is 12.8 Å². The van der Waals surface area contributed by atoms with Crippen molar-refractivity contribution in [1.29, 1.82) is 0 Å². The second-order valence-corrected chi connectivity index (χ2v) is 6.49. The third kappa shape index (κ3) is 2.71. The maximum absolute atomic E-state index is 13.0. The van der Waals surface area contributed by atoms with Gasteiger partial charge in [0.15, 0.2) is 11.5 Å². The zero-order chi connectivity index (χ0) is 18.5. The Morgan fingerprint density at radius 2 is 1.88 bits per heavy atom. The van der Waals surface area contributed by atoms with Gasteiger partial charge < -0.3 is 20.1 Å². The lowest BCUT2D eigenvalue weighted by molar-refractivity contribution is -0.286. The molecule has 1 aromatic rings. The number of benzene rings is 1. The van der Waals surface area contributed by atoms with E-state index in [-0.39, 0.29) is 17.2 Å². The van der Waals surface area contributed by atoms with Crippen molar-refractivity contribution in [3.8, 4) is 11.5 Å². The largest absolute Gasteiger partial charge is 0.586 e. The summed E-state index contributed by atoms with van der Waals surface area (Å²) in [7, 11) is 0. The van der Waals surface area contributed by atoms with Crippen LogP contribution in [0.15, 0.2) is 18.2 Å². The van der Waals surface area contributed by atoms with E-state index in [0.717, 1.165) is 17.7 Å². The van der Waals surface area contributed by atoms with E-state index in [2.05, 4.69) is 20.1 Å². The molecule has 10 heteroatoms. The predicted octanol–water partition coefficient (Wildman–Crippen LogP) is 1.81. The lowest BCUT2D eigenvalue weighted by atomic mass is 9.98. The average Bonchev–Trinajstić information content (AvgIpc) is 3.20. The van der Waals surface area contributed by atoms with Gasteiger partial charge in [0.2, 0.25) is 5.91 Å². The predicted molar refractivity (Wildman–Crippen MR) is 82.7 cm³/mol. The molecular formula is C16H15F2N3O5. The number of anilines is 1. The van der Waals surface area contributed by atoms with Gasteiger partial charge in [0.1, 0.15) is 12.1 Å². The van der Waals surface area contributed by atoms with Crippen molar-refractivity contribution in [1.82, 2.24) is 10.2 Å². The normalized spacial score (nSPS) is 22.0. The van der Waals surface area contributed by atoms with Gasteiger partial charge in [-0.2, -0.15) is 0 Å². The monoisotopic (exact) mass is 367 g/mol. The number of amides is 4. The van der Waals surface area contributed by atoms with Crippen LogP contribution in [0.2, 0.25) is 0 Å². The number of urea groups is 1. The number of nitrogens with one attached hydrogen (secondary N) is 2. The molecule has 2 heterocycles. The lowest BCUT2D eigenvalue weighted by Crippen LogP contribution is -2.44. The van der Waals surface area contributed by atoms with Crippen molar-refractivity contribution >= 4 is 23.5 Å². The highest BCUT2D eigenvalue weighted by Gasteiger charge is 2.52. The molecule has 3 aliphatic rings. The van der Waals surface area contributed by atoms with Gasteiger partial charge >= 0.3 is 12.3 Å². The summed E-state index contributed by atoms with van der Waals surface area (Å²) in [6, 6.07) is 3.16. The summed E-state index contributed by atoms with van der Waals surface area (Å²) in [6.45, 7) is -0.461. The van der Waals surface area contributed by atoms with Gasteiger partial charge in [0, 0.05) is 11.8 Å². The van der Waals surface area contributed by atoms with Gasteiger partial charge in [-0.05, 0) is 25.0 Å². The van der Waals surface area contributed by atoms with E-state index in [1.165, 1.54) is 18.2 Å². The van der Waals surface area contributed by atoms with E-state index in [4.69, 9.17) is 0 Å². The molecule has 1 saturated heterocycles. The maximum atomic E-state index is 13.0. The van der Waals surface area contributed by atoms with Crippen LogP contribution in [0.3, 0.4) is 0 Å². The fourth-order valence-electron chi connectivity index (χ4n) is 3.51. The first-order valence-electron chi connectivity index (χ1n) is 8.12. The Hall–Kier alpha value is -2.91. The summed E-state index contributed by atoms with van der Waals surface area (Å²) in [6.07, 6.45) is -0.944. The first-order valence-corrected chi connectivity index (χ1v) is 8.12. The van der Waals surface area contributed by atoms with E-state index >= 15 is 0 Å². The molecule has 4 rings (SSSR count). The number of nitrogens with zero attached hydrogens (tertiary/aromatic N) is 1. The Morgan fingerprint density at radius 1 is 1.19 bits per heavy atom. The minimum atomic E-state index is -3.75. The first kappa shape index (κ1) is 16.6. The molecule has 0 aromatic heterocycles. The summed E-state index contributed by atoms with van der Waals surface area (Å²) >= 11 is 0. The van der Waals surface area contributed by atoms with Gasteiger partial charge in [-0.15, -0.1) is 8.78 Å². The number of hydrogen-bond donors (Lipinski definition) is 2. The molecule has 1 spiro atoms. The van der Waals surface area contributed by atoms with Gasteiger partial charge in [-0.3, -0.25) is 14.5 Å². The molecule has 0 atom stereocenters. The highest BCUT2D eigenvalue weighted by molar-refractivity contribution is 6.10. The number of hydrogen-bond acceptors (Lipinski definition) is 5. The number of carbonyl (C=O) groups is 3. The quantitative estimate of drug-likeness (QED) is 0.795. The van der Waals surface area contributed by atoms with Crippen molar-refractivity contribution in [3.05, 3.63) is 18.2 Å². The van der Waals surface area contributed by atoms with Gasteiger partial charge in [-0.1, -0.05) is 12.8 Å². The molecule has 2 aliphatic heterocycles. The van der Waals surface area contributed by atoms with Crippen LogP contribution in [0.1, 0.15) is 25.7 Å². The highest BCUT2D eigenvalue weighted by Crippen LogP contribution is 2.42. The Bertz CT molecular complexity index is 807. The Morgan fingerprint density at radius 3 is 2.62 bits per heavy atom. The summed E-state index contributed by atoms with van der Waals surface area (Å²) in [5.74, 6) is -1.40. The van der Waals surface area contributed by atoms with Crippen LogP contribution in [0, 0.1) is 0 Å². The van der Waals surface area contributed by atoms with Crippen LogP contribution >= 0.6 is 0 Å². The number of carbonyl (C=O) groups excluding carboxylic acids is 3. The smallest absolute Gasteiger partial charge is 0.395 e. The molecule has 2 fully saturated rings. The van der Waals surface area contributed by atoms with Gasteiger partial charge in [-0.25, -0.2) is 4.79 Å². The minimum absolute atomic E-state index is 0.148. The molecule has 1 saturated carbocycles. The summed E-state index contributed by atoms with van der Waals surface area (Å²) in [4.78, 5) is 37.6. The minimum Gasteiger partial charge on any atom is -0.395 e. The second-order valence-electron chi connectivity index (χ2n) is 6.49. The van der Waals surface area contributed by atoms with Crippen LogP contribution in [0.5, 0.6) is 11.5 Å². The first-order chi connectivity index (χ1) is 12.3. The average molecular weight is 367 g/mol. The molecule has 0 bridgehead atoms. The Balaban J connectivity index is 1.42. The van der Waals surface area contributed by atoms with E-state index in [1.807, 2.05) is 0 Å². The number of halogens is 2. The van der Waals surface area contributed by atoms with Crippen molar-refractivity contribution in [3.63, 3.8) is 0 Å². The maximum Gasteiger partial charge on any atom is 0.586 e. The molecule has 138 valence electrons. The Kier molecular flexibility index (Phi) is 3.53. The molecule has 1 aliphatic carbocycles. The SMILES string of the molecule is O=C(CN1C(=O)NC2(CCCC2)C1=O)Nc1ccc2c(c1)OC(F)(F)O2. The molecule has 26 heavy (non-hydrogen) atoms. The fraction of sp³-hybridized carbons (Fsp3) is 0.438. The molecule has 0 unspecified atom stereocenters. The molecular weight excluding hydrogens is 352 g/mol. The second kappa shape index (κ2) is 5.55. The summed E-state index contributed by atoms with van der Waals surface area (Å²) < 4.78 is 34.6. The van der Waals surface area contributed by atoms with Crippen molar-refractivity contribution in [2.75, 3.05) is 11.9 Å². The summed E-state index contributed by atoms with van der Waals surface area (Å²) in [5, 5.41) is 5.13. The number of ether oxygens (including phenoxy) is 2. The van der Waals surface area contributed by atoms with Crippen LogP contribution < -0.4 is 20.1 Å². The third-order valence-electron chi connectivity index (χ3n) is 4.69. The molecule has 8 nitrogen and oxygen atoms in total. The lowest BCUT2D eigenvalue weighted by Gasteiger charge is -2.19. The zero-order valence-electron chi connectivity index (χ0n) is 13.5. The van der Waals surface area contributed by atoms with Crippen LogP contribution in [0.4, 0.5) is 19.3 Å². The van der Waals surface area contributed by atoms with Crippen LogP contribution in [-0.2, 0) is 9.59 Å². The summed E-state index contributed by atoms with van der Waals surface area (Å²) in [5.41, 5.74) is -0.709. The molecule has 4 amide bonds. The van der Waals surface area contributed by atoms with E-state index < -0.39 is 36.2 Å². The van der Waals surface area contributed by atoms with E-state index in [1.54, 1.807) is 0 Å². The Labute approximate surface area is 146 Å². The van der Waals surface area contributed by atoms with Gasteiger partial charge in [0.05, 0.1) is 0 Å². The van der Waals surface area contributed by atoms with E-state index in [9.17, 15) is 23.2 Å². The standard InChI is InChI=1S/C16H15F2N3O5/c17-16(18)25-10-4-3-9(7-11(10)26-16)19-12(22)8-21-13(23)15(20-14(21)24)5-1-2-6-15/h3-4,7H,1-2,5-6,8H2,(H,19,22)(H,20,24). The van der Waals surface area contributed by atoms with Crippen LogP contribution in [0.25, 0.3) is 0 Å². The topological polar surface area (TPSA) is 97.0 Å². The number of rotatable bonds is 3. The number of imide groups is 1. The zero-order valence-corrected chi connectivity index (χ0v) is 13.5. The van der Waals surface area contributed by atoms with Crippen molar-refractivity contribution in [2.45, 2.75) is 37.5 Å². The fourth-order valence-corrected chi connectivity index (χ4v) is 3.51. The highest BCUT2D eigenvalue weighted by atomic mass is 19.3. The number of alkyl halides is 2.